The highest BCUT2D eigenvalue weighted by Gasteiger charge is 2.02. The number of nitrogens with zero attached hydrogens (tertiary/aromatic N) is 1. The van der Waals surface area contributed by atoms with Gasteiger partial charge in [0, 0.05) is 5.57 Å². The van der Waals surface area contributed by atoms with Crippen molar-refractivity contribution >= 4 is 6.72 Å². The maximum Gasteiger partial charge on any atom is 0.218 e. The molecule has 0 fully saturated rings. The van der Waals surface area contributed by atoms with Crippen molar-refractivity contribution in [1.29, 1.82) is 0 Å². The summed E-state index contributed by atoms with van der Waals surface area (Å²) in [7, 11) is 1.40. The van der Waals surface area contributed by atoms with Gasteiger partial charge in [-0.3, -0.25) is 0 Å². The molecule has 0 saturated carbocycles. The van der Waals surface area contributed by atoms with Gasteiger partial charge in [-0.1, -0.05) is 6.58 Å². The first-order valence-corrected chi connectivity index (χ1v) is 2.69. The second kappa shape index (κ2) is 3.82. The molecule has 0 rings (SSSR count). The van der Waals surface area contributed by atoms with Crippen LogP contribution in [0.3, 0.4) is 0 Å². The minimum Gasteiger partial charge on any atom is -0.481 e. The van der Waals surface area contributed by atoms with E-state index in [1.165, 1.54) is 14.0 Å². The lowest BCUT2D eigenvalue weighted by Crippen LogP contribution is -1.87. The van der Waals surface area contributed by atoms with Gasteiger partial charge in [-0.05, 0) is 13.6 Å². The summed E-state index contributed by atoms with van der Waals surface area (Å²) in [6.07, 6.45) is 0. The fraction of sp³-hybridized carbons (Fsp3) is 0.286. The van der Waals surface area contributed by atoms with Gasteiger partial charge < -0.3 is 4.74 Å². The Morgan fingerprint density at radius 3 is 2.20 bits per heavy atom. The summed E-state index contributed by atoms with van der Waals surface area (Å²) in [4.78, 5) is 3.43. The number of aliphatic imine (C=N–C) groups is 1. The SMILES string of the molecule is C=N/C(OC)=C(/C)C(=C)F. The molecule has 0 aliphatic rings. The first-order valence-electron chi connectivity index (χ1n) is 2.69. The van der Waals surface area contributed by atoms with Crippen molar-refractivity contribution < 1.29 is 9.13 Å². The summed E-state index contributed by atoms with van der Waals surface area (Å²) in [5.41, 5.74) is 0.275. The molecule has 0 saturated heterocycles. The maximum atomic E-state index is 12.3. The van der Waals surface area contributed by atoms with E-state index in [1.54, 1.807) is 0 Å². The van der Waals surface area contributed by atoms with Crippen LogP contribution in [0.15, 0.2) is 28.9 Å². The predicted octanol–water partition coefficient (Wildman–Crippen LogP) is 2.05. The molecule has 0 aromatic heterocycles. The average molecular weight is 143 g/mol. The molecular formula is C7H10FNO. The molecule has 0 spiro atoms. The Hall–Kier alpha value is -1.12. The third kappa shape index (κ3) is 2.01. The Bertz CT molecular complexity index is 184. The molecule has 0 aliphatic heterocycles. The molecule has 0 N–H and O–H groups in total. The molecule has 0 unspecified atom stereocenters. The molecule has 10 heavy (non-hydrogen) atoms. The van der Waals surface area contributed by atoms with Crippen LogP contribution in [-0.4, -0.2) is 13.8 Å². The van der Waals surface area contributed by atoms with Crippen molar-refractivity contribution in [1.82, 2.24) is 0 Å². The monoisotopic (exact) mass is 143 g/mol. The van der Waals surface area contributed by atoms with Crippen LogP contribution in [-0.2, 0) is 4.74 Å². The van der Waals surface area contributed by atoms with E-state index in [1.807, 2.05) is 0 Å². The summed E-state index contributed by atoms with van der Waals surface area (Å²) < 4.78 is 17.0. The number of hydrogen-bond donors (Lipinski definition) is 0. The first-order chi connectivity index (χ1) is 4.63. The van der Waals surface area contributed by atoms with Crippen molar-refractivity contribution in [3.63, 3.8) is 0 Å². The van der Waals surface area contributed by atoms with E-state index in [9.17, 15) is 4.39 Å². The maximum absolute atomic E-state index is 12.3. The molecule has 2 nitrogen and oxygen atoms in total. The number of hydrogen-bond acceptors (Lipinski definition) is 2. The molecular weight excluding hydrogens is 133 g/mol. The van der Waals surface area contributed by atoms with Gasteiger partial charge in [0.2, 0.25) is 5.88 Å². The van der Waals surface area contributed by atoms with Gasteiger partial charge >= 0.3 is 0 Å². The molecule has 0 bridgehead atoms. The zero-order chi connectivity index (χ0) is 8.15. The summed E-state index contributed by atoms with van der Waals surface area (Å²) in [5.74, 6) is -0.378. The van der Waals surface area contributed by atoms with Crippen molar-refractivity contribution in [2.45, 2.75) is 6.92 Å². The van der Waals surface area contributed by atoms with Gasteiger partial charge in [0.25, 0.3) is 0 Å². The minimum atomic E-state index is -0.552. The molecule has 0 aromatic rings. The van der Waals surface area contributed by atoms with Crippen LogP contribution in [0.2, 0.25) is 0 Å². The lowest BCUT2D eigenvalue weighted by Gasteiger charge is -2.01. The predicted molar refractivity (Wildman–Crippen MR) is 39.5 cm³/mol. The van der Waals surface area contributed by atoms with Crippen LogP contribution >= 0.6 is 0 Å². The lowest BCUT2D eigenvalue weighted by atomic mass is 10.3. The third-order valence-electron chi connectivity index (χ3n) is 1.06. The average Bonchev–Trinajstić information content (AvgIpc) is 1.90. The van der Waals surface area contributed by atoms with Crippen molar-refractivity contribution in [3.05, 3.63) is 23.9 Å². The summed E-state index contributed by atoms with van der Waals surface area (Å²) in [6.45, 7) is 7.80. The summed E-state index contributed by atoms with van der Waals surface area (Å²) >= 11 is 0. The van der Waals surface area contributed by atoms with Crippen LogP contribution in [0, 0.1) is 0 Å². The van der Waals surface area contributed by atoms with E-state index in [2.05, 4.69) is 23.0 Å². The standard InChI is InChI=1S/C7H10FNO/c1-5(6(2)8)7(9-3)10-4/h2-3H2,1,4H3/b7-5+. The molecule has 3 heteroatoms. The van der Waals surface area contributed by atoms with Crippen LogP contribution in [0.1, 0.15) is 6.92 Å². The second-order valence-electron chi connectivity index (χ2n) is 1.70. The summed E-state index contributed by atoms with van der Waals surface area (Å²) in [6, 6.07) is 0. The highest BCUT2D eigenvalue weighted by Crippen LogP contribution is 2.14. The molecule has 0 aromatic carbocycles. The molecule has 0 radical (unpaired) electrons. The smallest absolute Gasteiger partial charge is 0.218 e. The van der Waals surface area contributed by atoms with Crippen molar-refractivity contribution in [3.8, 4) is 0 Å². The number of rotatable bonds is 3. The third-order valence-corrected chi connectivity index (χ3v) is 1.06. The number of ether oxygens (including phenoxy) is 1. The topological polar surface area (TPSA) is 21.6 Å². The molecule has 0 heterocycles. The van der Waals surface area contributed by atoms with Crippen LogP contribution in [0.4, 0.5) is 4.39 Å². The minimum absolute atomic E-state index is 0.174. The highest BCUT2D eigenvalue weighted by atomic mass is 19.1. The number of halogens is 1. The molecule has 0 atom stereocenters. The zero-order valence-electron chi connectivity index (χ0n) is 6.15. The lowest BCUT2D eigenvalue weighted by molar-refractivity contribution is 0.283. The van der Waals surface area contributed by atoms with E-state index in [0.29, 0.717) is 0 Å². The van der Waals surface area contributed by atoms with Crippen molar-refractivity contribution in [2.75, 3.05) is 7.11 Å². The Kier molecular flexibility index (Phi) is 3.39. The summed E-state index contributed by atoms with van der Waals surface area (Å²) in [5, 5.41) is 0. The fourth-order valence-corrected chi connectivity index (χ4v) is 0.452. The van der Waals surface area contributed by atoms with Gasteiger partial charge in [0.15, 0.2) is 0 Å². The Morgan fingerprint density at radius 2 is 2.10 bits per heavy atom. The van der Waals surface area contributed by atoms with Gasteiger partial charge in [-0.2, -0.15) is 0 Å². The van der Waals surface area contributed by atoms with Gasteiger partial charge in [-0.25, -0.2) is 9.38 Å². The van der Waals surface area contributed by atoms with Gasteiger partial charge in [-0.15, -0.1) is 0 Å². The van der Waals surface area contributed by atoms with Crippen molar-refractivity contribution in [2.24, 2.45) is 4.99 Å². The Labute approximate surface area is 59.7 Å². The first kappa shape index (κ1) is 8.88. The Balaban J connectivity index is 4.59. The van der Waals surface area contributed by atoms with E-state index in [-0.39, 0.29) is 11.5 Å². The van der Waals surface area contributed by atoms with Gasteiger partial charge in [0.1, 0.15) is 5.83 Å². The molecule has 0 aliphatic carbocycles. The van der Waals surface area contributed by atoms with E-state index in [0.717, 1.165) is 0 Å². The zero-order valence-corrected chi connectivity index (χ0v) is 6.15. The highest BCUT2D eigenvalue weighted by molar-refractivity contribution is 5.32. The second-order valence-corrected chi connectivity index (χ2v) is 1.70. The van der Waals surface area contributed by atoms with E-state index >= 15 is 0 Å². The molecule has 56 valence electrons. The largest absolute Gasteiger partial charge is 0.481 e. The van der Waals surface area contributed by atoms with Gasteiger partial charge in [0.05, 0.1) is 7.11 Å². The number of methoxy groups -OCH3 is 1. The van der Waals surface area contributed by atoms with E-state index < -0.39 is 5.83 Å². The van der Waals surface area contributed by atoms with Crippen LogP contribution < -0.4 is 0 Å². The van der Waals surface area contributed by atoms with Crippen LogP contribution in [0.5, 0.6) is 0 Å². The quantitative estimate of drug-likeness (QED) is 0.336. The van der Waals surface area contributed by atoms with Crippen LogP contribution in [0.25, 0.3) is 0 Å². The Morgan fingerprint density at radius 1 is 1.60 bits per heavy atom. The fourth-order valence-electron chi connectivity index (χ4n) is 0.452. The van der Waals surface area contributed by atoms with E-state index in [4.69, 9.17) is 0 Å². The number of allylic oxidation sites excluding steroid dienone is 2. The normalized spacial score (nSPS) is 11.9. The molecule has 0 amide bonds.